The first-order valence-corrected chi connectivity index (χ1v) is 9.67. The van der Waals surface area contributed by atoms with E-state index in [0.717, 1.165) is 38.9 Å². The summed E-state index contributed by atoms with van der Waals surface area (Å²) in [4.78, 5) is 4.72. The van der Waals surface area contributed by atoms with Crippen LogP contribution in [0.3, 0.4) is 0 Å². The van der Waals surface area contributed by atoms with E-state index >= 15 is 0 Å². The van der Waals surface area contributed by atoms with Gasteiger partial charge in [-0.3, -0.25) is 9.80 Å². The van der Waals surface area contributed by atoms with Crippen LogP contribution in [0.25, 0.3) is 0 Å². The highest BCUT2D eigenvalue weighted by Crippen LogP contribution is 2.23. The Morgan fingerprint density at radius 3 is 2.40 bits per heavy atom. The van der Waals surface area contributed by atoms with E-state index in [2.05, 4.69) is 9.80 Å². The average Bonchev–Trinajstić information content (AvgIpc) is 3.06. The number of nitrogens with zero attached hydrogens (tertiary/aromatic N) is 2. The molecule has 0 aromatic rings. The van der Waals surface area contributed by atoms with Crippen molar-refractivity contribution in [1.82, 2.24) is 9.80 Å². The molecular formula is C14H28N2O3S. The van der Waals surface area contributed by atoms with Gasteiger partial charge in [-0.1, -0.05) is 6.92 Å². The fourth-order valence-corrected chi connectivity index (χ4v) is 4.21. The maximum absolute atomic E-state index is 11.6. The second-order valence-electron chi connectivity index (χ2n) is 6.04. The number of sulfone groups is 1. The lowest BCUT2D eigenvalue weighted by Crippen LogP contribution is -2.44. The van der Waals surface area contributed by atoms with Gasteiger partial charge in [-0.2, -0.15) is 0 Å². The van der Waals surface area contributed by atoms with Crippen molar-refractivity contribution >= 4 is 9.84 Å². The van der Waals surface area contributed by atoms with Crippen LogP contribution < -0.4 is 0 Å². The molecule has 118 valence electrons. The zero-order valence-electron chi connectivity index (χ0n) is 12.5. The summed E-state index contributed by atoms with van der Waals surface area (Å²) < 4.78 is 23.3. The van der Waals surface area contributed by atoms with Gasteiger partial charge in [0.25, 0.3) is 0 Å². The minimum absolute atomic E-state index is 0.240. The number of aliphatic hydroxyl groups excluding tert-OH is 1. The van der Waals surface area contributed by atoms with Gasteiger partial charge in [0.2, 0.25) is 0 Å². The molecule has 0 bridgehead atoms. The predicted octanol–water partition coefficient (Wildman–Crippen LogP) is 0.342. The van der Waals surface area contributed by atoms with E-state index in [1.54, 1.807) is 6.92 Å². The van der Waals surface area contributed by atoms with E-state index in [1.165, 1.54) is 6.42 Å². The number of hydrogen-bond donors (Lipinski definition) is 1. The topological polar surface area (TPSA) is 60.9 Å². The quantitative estimate of drug-likeness (QED) is 0.735. The fraction of sp³-hybridized carbons (Fsp3) is 1.00. The van der Waals surface area contributed by atoms with Crippen molar-refractivity contribution in [3.05, 3.63) is 0 Å². The van der Waals surface area contributed by atoms with Crippen molar-refractivity contribution in [1.29, 1.82) is 0 Å². The summed E-state index contributed by atoms with van der Waals surface area (Å²) in [5.74, 6) is 0.521. The Kier molecular flexibility index (Phi) is 5.84. The van der Waals surface area contributed by atoms with Gasteiger partial charge in [0.1, 0.15) is 0 Å². The highest BCUT2D eigenvalue weighted by Gasteiger charge is 2.31. The zero-order valence-corrected chi connectivity index (χ0v) is 13.3. The van der Waals surface area contributed by atoms with Crippen LogP contribution in [0, 0.1) is 0 Å². The number of likely N-dealkylation sites (tertiary alicyclic amines) is 2. The van der Waals surface area contributed by atoms with Crippen LogP contribution >= 0.6 is 0 Å². The van der Waals surface area contributed by atoms with E-state index in [9.17, 15) is 13.5 Å². The molecule has 0 aromatic heterocycles. The van der Waals surface area contributed by atoms with Crippen LogP contribution in [0.5, 0.6) is 0 Å². The molecule has 5 nitrogen and oxygen atoms in total. The van der Waals surface area contributed by atoms with Gasteiger partial charge in [0.05, 0.1) is 12.4 Å². The molecule has 1 N–H and O–H groups in total. The summed E-state index contributed by atoms with van der Waals surface area (Å²) in [5.41, 5.74) is 0. The van der Waals surface area contributed by atoms with Crippen LogP contribution in [0.4, 0.5) is 0 Å². The van der Waals surface area contributed by atoms with Crippen molar-refractivity contribution in [2.45, 2.75) is 44.7 Å². The second kappa shape index (κ2) is 7.20. The summed E-state index contributed by atoms with van der Waals surface area (Å²) in [5, 5.41) is 9.38. The van der Waals surface area contributed by atoms with Crippen molar-refractivity contribution in [3.63, 3.8) is 0 Å². The molecule has 0 radical (unpaired) electrons. The van der Waals surface area contributed by atoms with Gasteiger partial charge in [-0.05, 0) is 38.8 Å². The van der Waals surface area contributed by atoms with E-state index in [1.807, 2.05) is 0 Å². The second-order valence-corrected chi connectivity index (χ2v) is 8.51. The lowest BCUT2D eigenvalue weighted by Gasteiger charge is -2.31. The maximum Gasteiger partial charge on any atom is 0.151 e. The minimum Gasteiger partial charge on any atom is -0.395 e. The molecule has 2 rings (SSSR count). The smallest absolute Gasteiger partial charge is 0.151 e. The SMILES string of the molecule is CCS(=O)(=O)CCN1CCCC1CN1CCCC1CO. The van der Waals surface area contributed by atoms with Crippen LogP contribution in [0.1, 0.15) is 32.6 Å². The van der Waals surface area contributed by atoms with Gasteiger partial charge in [-0.15, -0.1) is 0 Å². The monoisotopic (exact) mass is 304 g/mol. The van der Waals surface area contributed by atoms with E-state index in [-0.39, 0.29) is 18.1 Å². The molecule has 2 heterocycles. The van der Waals surface area contributed by atoms with Crippen molar-refractivity contribution in [3.8, 4) is 0 Å². The third kappa shape index (κ3) is 4.16. The van der Waals surface area contributed by atoms with Crippen LogP contribution in [-0.2, 0) is 9.84 Å². The van der Waals surface area contributed by atoms with Crippen LogP contribution in [0.2, 0.25) is 0 Å². The first-order chi connectivity index (χ1) is 9.55. The van der Waals surface area contributed by atoms with Gasteiger partial charge >= 0.3 is 0 Å². The first kappa shape index (κ1) is 16.2. The Balaban J connectivity index is 1.84. The molecule has 0 aromatic carbocycles. The summed E-state index contributed by atoms with van der Waals surface area (Å²) in [6, 6.07) is 0.783. The summed E-state index contributed by atoms with van der Waals surface area (Å²) in [6.45, 7) is 5.70. The fourth-order valence-electron chi connectivity index (χ4n) is 3.41. The summed E-state index contributed by atoms with van der Waals surface area (Å²) in [6.07, 6.45) is 4.57. The third-order valence-electron chi connectivity index (χ3n) is 4.78. The maximum atomic E-state index is 11.6. The third-order valence-corrected chi connectivity index (χ3v) is 6.47. The lowest BCUT2D eigenvalue weighted by molar-refractivity contribution is 0.124. The van der Waals surface area contributed by atoms with Gasteiger partial charge < -0.3 is 5.11 Å². The van der Waals surface area contributed by atoms with Crippen molar-refractivity contribution < 1.29 is 13.5 Å². The molecular weight excluding hydrogens is 276 g/mol. The van der Waals surface area contributed by atoms with Crippen LogP contribution in [-0.4, -0.2) is 79.7 Å². The van der Waals surface area contributed by atoms with Crippen LogP contribution in [0.15, 0.2) is 0 Å². The number of aliphatic hydroxyl groups is 1. The molecule has 2 aliphatic heterocycles. The molecule has 2 saturated heterocycles. The van der Waals surface area contributed by atoms with Crippen molar-refractivity contribution in [2.24, 2.45) is 0 Å². The molecule has 6 heteroatoms. The summed E-state index contributed by atoms with van der Waals surface area (Å²) >= 11 is 0. The average molecular weight is 304 g/mol. The zero-order chi connectivity index (χ0) is 14.6. The standard InChI is InChI=1S/C14H28N2O3S/c1-2-20(18,19)10-9-15-7-3-5-13(15)11-16-8-4-6-14(16)12-17/h13-14,17H,2-12H2,1H3. The molecule has 0 aliphatic carbocycles. The molecule has 0 saturated carbocycles. The predicted molar refractivity (Wildman–Crippen MR) is 80.6 cm³/mol. The lowest BCUT2D eigenvalue weighted by atomic mass is 10.2. The molecule has 2 aliphatic rings. The Morgan fingerprint density at radius 1 is 1.10 bits per heavy atom. The van der Waals surface area contributed by atoms with Gasteiger partial charge in [0.15, 0.2) is 9.84 Å². The Hall–Kier alpha value is -0.170. The molecule has 2 atom stereocenters. The molecule has 0 spiro atoms. The molecule has 2 fully saturated rings. The molecule has 20 heavy (non-hydrogen) atoms. The Morgan fingerprint density at radius 2 is 1.75 bits per heavy atom. The largest absolute Gasteiger partial charge is 0.395 e. The molecule has 2 unspecified atom stereocenters. The van der Waals surface area contributed by atoms with E-state index in [4.69, 9.17) is 0 Å². The number of rotatable bonds is 7. The van der Waals surface area contributed by atoms with E-state index < -0.39 is 9.84 Å². The Bertz CT molecular complexity index is 399. The van der Waals surface area contributed by atoms with Gasteiger partial charge in [-0.25, -0.2) is 8.42 Å². The highest BCUT2D eigenvalue weighted by atomic mass is 32.2. The minimum atomic E-state index is -2.87. The normalized spacial score (nSPS) is 29.3. The Labute approximate surface area is 122 Å². The molecule has 0 amide bonds. The van der Waals surface area contributed by atoms with Crippen molar-refractivity contribution in [2.75, 3.05) is 44.3 Å². The number of hydrogen-bond acceptors (Lipinski definition) is 5. The first-order valence-electron chi connectivity index (χ1n) is 7.85. The van der Waals surface area contributed by atoms with E-state index in [0.29, 0.717) is 18.6 Å². The van der Waals surface area contributed by atoms with Gasteiger partial charge in [0, 0.05) is 30.9 Å². The summed E-state index contributed by atoms with van der Waals surface area (Å²) in [7, 11) is -2.87. The highest BCUT2D eigenvalue weighted by molar-refractivity contribution is 7.91.